The fourth-order valence-corrected chi connectivity index (χ4v) is 9.58. The maximum atomic E-state index is 15.5. The number of morpholine rings is 1. The minimum atomic E-state index is -2.97. The number of benzene rings is 1. The summed E-state index contributed by atoms with van der Waals surface area (Å²) in [6, 6.07) is 6.89. The van der Waals surface area contributed by atoms with E-state index in [1.807, 2.05) is 18.2 Å². The van der Waals surface area contributed by atoms with Crippen LogP contribution in [0.1, 0.15) is 90.6 Å². The molecule has 2 N–H and O–H groups in total. The van der Waals surface area contributed by atoms with Crippen LogP contribution in [0, 0.1) is 30.1 Å². The van der Waals surface area contributed by atoms with Crippen molar-refractivity contribution >= 4 is 45.8 Å². The number of terminal acetylenes is 1. The Morgan fingerprint density at radius 1 is 1.04 bits per heavy atom. The van der Waals surface area contributed by atoms with Gasteiger partial charge in [-0.1, -0.05) is 29.9 Å². The van der Waals surface area contributed by atoms with Crippen molar-refractivity contribution in [2.75, 3.05) is 56.2 Å². The van der Waals surface area contributed by atoms with Crippen molar-refractivity contribution in [2.24, 2.45) is 5.92 Å². The molecule has 0 spiro atoms. The largest absolute Gasteiger partial charge is 0.369 e. The molecular weight excluding hydrogens is 882 g/mol. The highest BCUT2D eigenvalue weighted by Gasteiger charge is 2.35. The van der Waals surface area contributed by atoms with Crippen molar-refractivity contribution in [1.82, 2.24) is 44.4 Å². The summed E-state index contributed by atoms with van der Waals surface area (Å²) in [4.78, 5) is 46.2. The number of anilines is 2. The number of carbonyl (C=O) groups excluding carboxylic acids is 3. The van der Waals surface area contributed by atoms with Gasteiger partial charge in [-0.3, -0.25) is 34.0 Å². The molecule has 1 unspecified atom stereocenters. The van der Waals surface area contributed by atoms with Crippen LogP contribution in [0.3, 0.4) is 0 Å². The second-order valence-electron chi connectivity index (χ2n) is 17.3. The van der Waals surface area contributed by atoms with Gasteiger partial charge in [-0.2, -0.15) is 15.3 Å². The van der Waals surface area contributed by atoms with Crippen molar-refractivity contribution in [1.29, 1.82) is 0 Å². The van der Waals surface area contributed by atoms with E-state index in [1.165, 1.54) is 21.6 Å². The van der Waals surface area contributed by atoms with Crippen molar-refractivity contribution in [3.63, 3.8) is 0 Å². The number of ether oxygens (including phenoxy) is 2. The van der Waals surface area contributed by atoms with Gasteiger partial charge in [0.25, 0.3) is 18.8 Å². The highest BCUT2D eigenvalue weighted by Crippen LogP contribution is 2.36. The topological polar surface area (TPSA) is 166 Å². The molecule has 4 atom stereocenters. The SMILES string of the molecule is C#CCn1nc(C2CCC(=O)NC2=O)c2cccc(C#CCO[C@@H]3CCN(C[C@H]4CC[C@H](n5cc(NC(=O)c6cnn7ccc(N8CCO[C@H](C(F)F)C8)nc67)c(C(F)F)n5)CC4)C[C@@H]3F)c21. The molecule has 1 saturated carbocycles. The van der Waals surface area contributed by atoms with E-state index in [1.54, 1.807) is 21.8 Å². The number of nitrogens with one attached hydrogen (secondary N) is 2. The van der Waals surface area contributed by atoms with E-state index in [9.17, 15) is 31.9 Å². The lowest BCUT2D eigenvalue weighted by Crippen LogP contribution is -2.47. The van der Waals surface area contributed by atoms with Crippen LogP contribution in [0.15, 0.2) is 42.9 Å². The Bertz CT molecular complexity index is 2750. The molecule has 0 bridgehead atoms. The molecule has 0 radical (unpaired) electrons. The van der Waals surface area contributed by atoms with Crippen molar-refractivity contribution in [3.8, 4) is 24.2 Å². The van der Waals surface area contributed by atoms with Gasteiger partial charge < -0.3 is 19.7 Å². The summed E-state index contributed by atoms with van der Waals surface area (Å²) in [7, 11) is 0. The summed E-state index contributed by atoms with van der Waals surface area (Å²) in [5.74, 6) is 7.30. The van der Waals surface area contributed by atoms with Gasteiger partial charge in [0.15, 0.2) is 11.3 Å². The predicted octanol–water partition coefficient (Wildman–Crippen LogP) is 5.30. The van der Waals surface area contributed by atoms with Crippen molar-refractivity contribution < 1.29 is 45.8 Å². The number of nitrogens with zero attached hydrogens (tertiary/aromatic N) is 9. The van der Waals surface area contributed by atoms with Gasteiger partial charge in [0.2, 0.25) is 11.8 Å². The number of fused-ring (bicyclic) bond motifs is 2. The number of halogens is 5. The first-order valence-electron chi connectivity index (χ1n) is 22.3. The van der Waals surface area contributed by atoms with Crippen molar-refractivity contribution in [2.45, 2.75) is 94.7 Å². The summed E-state index contributed by atoms with van der Waals surface area (Å²) in [6.07, 6.45) is 4.99. The van der Waals surface area contributed by atoms with Gasteiger partial charge in [0.1, 0.15) is 36.8 Å². The first-order chi connectivity index (χ1) is 32.4. The summed E-state index contributed by atoms with van der Waals surface area (Å²) < 4.78 is 86.4. The Balaban J connectivity index is 0.764. The van der Waals surface area contributed by atoms with E-state index in [2.05, 4.69) is 53.6 Å². The Morgan fingerprint density at radius 3 is 2.64 bits per heavy atom. The molecule has 67 heavy (non-hydrogen) atoms. The Hall–Kier alpha value is -6.42. The molecule has 4 aliphatic rings. The lowest BCUT2D eigenvalue weighted by molar-refractivity contribution is -0.134. The number of aromatic nitrogens is 7. The van der Waals surface area contributed by atoms with Crippen molar-refractivity contribution in [3.05, 3.63) is 65.4 Å². The molecule has 3 saturated heterocycles. The molecule has 3 amide bonds. The van der Waals surface area contributed by atoms with Crippen LogP contribution in [0.25, 0.3) is 16.6 Å². The molecule has 4 fully saturated rings. The second-order valence-corrected chi connectivity index (χ2v) is 17.3. The van der Waals surface area contributed by atoms with E-state index in [-0.39, 0.29) is 74.0 Å². The number of hydrogen-bond acceptors (Lipinski definition) is 11. The first kappa shape index (κ1) is 45.7. The monoisotopic (exact) mass is 929 g/mol. The number of carbonyl (C=O) groups is 3. The van der Waals surface area contributed by atoms with Gasteiger partial charge in [-0.05, 0) is 56.6 Å². The van der Waals surface area contributed by atoms with Gasteiger partial charge in [-0.25, -0.2) is 31.5 Å². The molecule has 9 rings (SSSR count). The van der Waals surface area contributed by atoms with Crippen LogP contribution in [0.5, 0.6) is 0 Å². The highest BCUT2D eigenvalue weighted by atomic mass is 19.3. The minimum Gasteiger partial charge on any atom is -0.369 e. The van der Waals surface area contributed by atoms with Crippen LogP contribution < -0.4 is 15.5 Å². The second kappa shape index (κ2) is 19.8. The summed E-state index contributed by atoms with van der Waals surface area (Å²) in [6.45, 7) is 1.99. The smallest absolute Gasteiger partial charge is 0.284 e. The quantitative estimate of drug-likeness (QED) is 0.0948. The van der Waals surface area contributed by atoms with E-state index in [0.717, 1.165) is 18.2 Å². The maximum absolute atomic E-state index is 15.5. The van der Waals surface area contributed by atoms with Gasteiger partial charge >= 0.3 is 0 Å². The normalized spacial score (nSPS) is 23.9. The average Bonchev–Trinajstić information content (AvgIpc) is 4.05. The zero-order valence-electron chi connectivity index (χ0n) is 36.3. The lowest BCUT2D eigenvalue weighted by atomic mass is 9.85. The van der Waals surface area contributed by atoms with E-state index >= 15 is 4.39 Å². The molecule has 5 aromatic rings. The van der Waals surface area contributed by atoms with Crippen LogP contribution >= 0.6 is 0 Å². The third-order valence-electron chi connectivity index (χ3n) is 13.0. The maximum Gasteiger partial charge on any atom is 0.284 e. The number of amides is 3. The predicted molar refractivity (Wildman–Crippen MR) is 233 cm³/mol. The number of piperidine rings is 2. The Kier molecular flexibility index (Phi) is 13.5. The number of imide groups is 1. The van der Waals surface area contributed by atoms with Gasteiger partial charge in [0.05, 0.1) is 59.9 Å². The molecule has 3 aliphatic heterocycles. The molecule has 352 valence electrons. The standard InChI is InChI=1S/C46H48F5N11O5/c1-2-16-60-41-28(5-3-7-30(41)39(56-60)31-12-13-38(63)55-45(31)64)6-4-20-66-35-14-17-58(24-33(35)47)23-27-8-10-29(11-9-27)62-25-34(40(57-62)43(50)51)53-46(65)32-22-52-61-18-15-37(54-44(32)61)59-19-21-67-36(26-59)42(48)49/h1,3,5,7,15,18,22,25,27,29,31,33,35-36,42-43H,8-14,16-17,19-21,23-24,26H2,(H,53,65)(H,55,63,64)/t27-,29-,31?,33-,35+,36-/m0/s1. The van der Waals surface area contributed by atoms with Gasteiger partial charge in [-0.15, -0.1) is 6.42 Å². The van der Waals surface area contributed by atoms with Crippen LogP contribution in [0.2, 0.25) is 0 Å². The minimum absolute atomic E-state index is 0.00259. The molecule has 7 heterocycles. The molecule has 4 aromatic heterocycles. The summed E-state index contributed by atoms with van der Waals surface area (Å²) in [5.41, 5.74) is 1.27. The number of alkyl halides is 5. The number of likely N-dealkylation sites (tertiary alicyclic amines) is 1. The molecule has 16 nitrogen and oxygen atoms in total. The number of hydrogen-bond donors (Lipinski definition) is 2. The fourth-order valence-electron chi connectivity index (χ4n) is 9.58. The third kappa shape index (κ3) is 9.85. The van der Waals surface area contributed by atoms with Crippen LogP contribution in [-0.2, 0) is 25.6 Å². The fraction of sp³-hybridized carbons (Fsp3) is 0.500. The third-order valence-corrected chi connectivity index (χ3v) is 13.0. The number of rotatable bonds is 12. The Labute approximate surface area is 381 Å². The van der Waals surface area contributed by atoms with Gasteiger partial charge in [0, 0.05) is 50.4 Å². The molecule has 21 heteroatoms. The van der Waals surface area contributed by atoms with E-state index in [0.29, 0.717) is 67.9 Å². The lowest BCUT2D eigenvalue weighted by Gasteiger charge is -2.38. The molecule has 1 aliphatic carbocycles. The van der Waals surface area contributed by atoms with Crippen LogP contribution in [-0.4, -0.2) is 128 Å². The summed E-state index contributed by atoms with van der Waals surface area (Å²) >= 11 is 0. The average molecular weight is 930 g/mol. The molecule has 1 aromatic carbocycles. The Morgan fingerprint density at radius 2 is 1.88 bits per heavy atom. The van der Waals surface area contributed by atoms with E-state index in [4.69, 9.17) is 15.9 Å². The van der Waals surface area contributed by atoms with E-state index < -0.39 is 54.7 Å². The zero-order valence-corrected chi connectivity index (χ0v) is 36.3. The first-order valence-corrected chi connectivity index (χ1v) is 22.3. The molecular formula is C46H48F5N11O5. The summed E-state index contributed by atoms with van der Waals surface area (Å²) in [5, 5.41) is 18.7. The van der Waals surface area contributed by atoms with Crippen LogP contribution in [0.4, 0.5) is 33.5 Å². The number of para-hydroxylation sites is 1. The highest BCUT2D eigenvalue weighted by molar-refractivity contribution is 6.08. The zero-order chi connectivity index (χ0) is 46.8.